The molecule has 0 unspecified atom stereocenters. The number of benzene rings is 1. The molecular weight excluding hydrogens is 180 g/mol. The van der Waals surface area contributed by atoms with Crippen LogP contribution >= 0.6 is 0 Å². The van der Waals surface area contributed by atoms with Gasteiger partial charge in [0.2, 0.25) is 0 Å². The minimum absolute atomic E-state index is 0.169. The van der Waals surface area contributed by atoms with Crippen LogP contribution in [0.1, 0.15) is 10.4 Å². The zero-order chi connectivity index (χ0) is 10.6. The van der Waals surface area contributed by atoms with Gasteiger partial charge in [-0.3, -0.25) is 4.79 Å². The SMILES string of the molecule is NCC(O)(CN)C(=O)c1ccccc1. The number of aliphatic hydroxyl groups is 1. The highest BCUT2D eigenvalue weighted by atomic mass is 16.3. The summed E-state index contributed by atoms with van der Waals surface area (Å²) in [5, 5.41) is 9.75. The predicted molar refractivity (Wildman–Crippen MR) is 53.8 cm³/mol. The lowest BCUT2D eigenvalue weighted by Gasteiger charge is -2.22. The molecule has 76 valence electrons. The molecule has 4 heteroatoms. The zero-order valence-corrected chi connectivity index (χ0v) is 7.81. The van der Waals surface area contributed by atoms with Crippen molar-refractivity contribution in [2.75, 3.05) is 13.1 Å². The largest absolute Gasteiger partial charge is 0.379 e. The molecule has 0 bridgehead atoms. The molecule has 0 atom stereocenters. The number of hydrogen-bond acceptors (Lipinski definition) is 4. The average Bonchev–Trinajstić information content (AvgIpc) is 2.28. The molecule has 0 amide bonds. The van der Waals surface area contributed by atoms with Crippen molar-refractivity contribution < 1.29 is 9.90 Å². The molecule has 0 radical (unpaired) electrons. The Morgan fingerprint density at radius 3 is 2.14 bits per heavy atom. The third-order valence-electron chi connectivity index (χ3n) is 2.13. The van der Waals surface area contributed by atoms with Crippen molar-refractivity contribution in [3.05, 3.63) is 35.9 Å². The van der Waals surface area contributed by atoms with Crippen LogP contribution < -0.4 is 11.5 Å². The topological polar surface area (TPSA) is 89.3 Å². The van der Waals surface area contributed by atoms with Crippen molar-refractivity contribution >= 4 is 5.78 Å². The number of carbonyl (C=O) groups is 1. The summed E-state index contributed by atoms with van der Waals surface area (Å²) in [5.41, 5.74) is 9.39. The Morgan fingerprint density at radius 1 is 1.21 bits per heavy atom. The van der Waals surface area contributed by atoms with Crippen molar-refractivity contribution in [1.82, 2.24) is 0 Å². The van der Waals surface area contributed by atoms with E-state index in [1.54, 1.807) is 30.3 Å². The average molecular weight is 194 g/mol. The molecule has 0 spiro atoms. The summed E-state index contributed by atoms with van der Waals surface area (Å²) in [6, 6.07) is 8.49. The van der Waals surface area contributed by atoms with Gasteiger partial charge in [-0.25, -0.2) is 0 Å². The van der Waals surface area contributed by atoms with E-state index >= 15 is 0 Å². The van der Waals surface area contributed by atoms with Crippen LogP contribution in [0, 0.1) is 0 Å². The fraction of sp³-hybridized carbons (Fsp3) is 0.300. The van der Waals surface area contributed by atoms with Crippen molar-refractivity contribution in [2.24, 2.45) is 11.5 Å². The Morgan fingerprint density at radius 2 is 1.71 bits per heavy atom. The van der Waals surface area contributed by atoms with Gasteiger partial charge in [-0.05, 0) is 0 Å². The van der Waals surface area contributed by atoms with Gasteiger partial charge in [0, 0.05) is 18.7 Å². The van der Waals surface area contributed by atoms with E-state index in [9.17, 15) is 9.90 Å². The second-order valence-electron chi connectivity index (χ2n) is 3.13. The maximum atomic E-state index is 11.7. The Balaban J connectivity index is 2.95. The van der Waals surface area contributed by atoms with Gasteiger partial charge in [0.15, 0.2) is 11.4 Å². The lowest BCUT2D eigenvalue weighted by atomic mass is 9.93. The van der Waals surface area contributed by atoms with Crippen molar-refractivity contribution in [1.29, 1.82) is 0 Å². The third kappa shape index (κ3) is 1.98. The lowest BCUT2D eigenvalue weighted by molar-refractivity contribution is 0.0402. The molecule has 1 aromatic carbocycles. The number of ketones is 1. The monoisotopic (exact) mass is 194 g/mol. The fourth-order valence-corrected chi connectivity index (χ4v) is 1.13. The van der Waals surface area contributed by atoms with Crippen LogP contribution in [0.2, 0.25) is 0 Å². The van der Waals surface area contributed by atoms with Gasteiger partial charge < -0.3 is 16.6 Å². The molecule has 0 heterocycles. The molecular formula is C10H14N2O2. The molecule has 14 heavy (non-hydrogen) atoms. The smallest absolute Gasteiger partial charge is 0.196 e. The second kappa shape index (κ2) is 4.32. The van der Waals surface area contributed by atoms with Gasteiger partial charge in [0.1, 0.15) is 0 Å². The van der Waals surface area contributed by atoms with Gasteiger partial charge in [-0.1, -0.05) is 30.3 Å². The van der Waals surface area contributed by atoms with Crippen LogP contribution in [0.25, 0.3) is 0 Å². The van der Waals surface area contributed by atoms with E-state index in [4.69, 9.17) is 11.5 Å². The molecule has 0 saturated heterocycles. The van der Waals surface area contributed by atoms with Gasteiger partial charge in [-0.2, -0.15) is 0 Å². The minimum Gasteiger partial charge on any atom is -0.379 e. The summed E-state index contributed by atoms with van der Waals surface area (Å²) < 4.78 is 0. The molecule has 0 aliphatic heterocycles. The summed E-state index contributed by atoms with van der Waals surface area (Å²) in [4.78, 5) is 11.7. The van der Waals surface area contributed by atoms with Crippen molar-refractivity contribution in [3.8, 4) is 0 Å². The minimum atomic E-state index is -1.64. The number of Topliss-reactive ketones (excluding diaryl/α,β-unsaturated/α-hetero) is 1. The first-order valence-corrected chi connectivity index (χ1v) is 4.36. The summed E-state index contributed by atoms with van der Waals surface area (Å²) in [6.45, 7) is -0.339. The molecule has 1 rings (SSSR count). The number of rotatable bonds is 4. The number of hydrogen-bond donors (Lipinski definition) is 3. The normalized spacial score (nSPS) is 11.4. The molecule has 1 aromatic rings. The van der Waals surface area contributed by atoms with Crippen molar-refractivity contribution in [2.45, 2.75) is 5.60 Å². The van der Waals surface area contributed by atoms with Gasteiger partial charge in [-0.15, -0.1) is 0 Å². The van der Waals surface area contributed by atoms with Crippen LogP contribution in [0.5, 0.6) is 0 Å². The molecule has 4 nitrogen and oxygen atoms in total. The maximum absolute atomic E-state index is 11.7. The van der Waals surface area contributed by atoms with Gasteiger partial charge in [0.05, 0.1) is 0 Å². The first-order chi connectivity index (χ1) is 6.64. The van der Waals surface area contributed by atoms with Crippen LogP contribution in [0.4, 0.5) is 0 Å². The van der Waals surface area contributed by atoms with E-state index in [-0.39, 0.29) is 13.1 Å². The van der Waals surface area contributed by atoms with E-state index in [2.05, 4.69) is 0 Å². The van der Waals surface area contributed by atoms with E-state index in [1.165, 1.54) is 0 Å². The maximum Gasteiger partial charge on any atom is 0.196 e. The Kier molecular flexibility index (Phi) is 3.35. The third-order valence-corrected chi connectivity index (χ3v) is 2.13. The Labute approximate surface area is 82.5 Å². The van der Waals surface area contributed by atoms with Crippen LogP contribution in [-0.2, 0) is 0 Å². The lowest BCUT2D eigenvalue weighted by Crippen LogP contribution is -2.51. The quantitative estimate of drug-likeness (QED) is 0.565. The van der Waals surface area contributed by atoms with Gasteiger partial charge in [0.25, 0.3) is 0 Å². The standard InChI is InChI=1S/C10H14N2O2/c11-6-10(14,7-12)9(13)8-4-2-1-3-5-8/h1-5,14H,6-7,11-12H2. The summed E-state index contributed by atoms with van der Waals surface area (Å²) in [5.74, 6) is -0.428. The highest BCUT2D eigenvalue weighted by Crippen LogP contribution is 2.11. The van der Waals surface area contributed by atoms with Crippen LogP contribution in [-0.4, -0.2) is 29.6 Å². The van der Waals surface area contributed by atoms with Crippen LogP contribution in [0.15, 0.2) is 30.3 Å². The summed E-state index contributed by atoms with van der Waals surface area (Å²) in [6.07, 6.45) is 0. The first kappa shape index (κ1) is 10.8. The predicted octanol–water partition coefficient (Wildman–Crippen LogP) is -0.482. The number of nitrogens with two attached hydrogens (primary N) is 2. The Bertz CT molecular complexity index is 307. The number of carbonyl (C=O) groups excluding carboxylic acids is 1. The first-order valence-electron chi connectivity index (χ1n) is 4.36. The van der Waals surface area contributed by atoms with Crippen LogP contribution in [0.3, 0.4) is 0 Å². The zero-order valence-electron chi connectivity index (χ0n) is 7.81. The van der Waals surface area contributed by atoms with E-state index < -0.39 is 11.4 Å². The van der Waals surface area contributed by atoms with E-state index in [0.29, 0.717) is 5.56 Å². The highest BCUT2D eigenvalue weighted by Gasteiger charge is 2.33. The molecule has 0 fully saturated rings. The second-order valence-corrected chi connectivity index (χ2v) is 3.13. The van der Waals surface area contributed by atoms with Gasteiger partial charge >= 0.3 is 0 Å². The summed E-state index contributed by atoms with van der Waals surface area (Å²) in [7, 11) is 0. The molecule has 0 aromatic heterocycles. The van der Waals surface area contributed by atoms with E-state index in [1.807, 2.05) is 0 Å². The van der Waals surface area contributed by atoms with E-state index in [0.717, 1.165) is 0 Å². The highest BCUT2D eigenvalue weighted by molar-refractivity contribution is 6.02. The summed E-state index contributed by atoms with van der Waals surface area (Å²) >= 11 is 0. The molecule has 5 N–H and O–H groups in total. The van der Waals surface area contributed by atoms with Crippen molar-refractivity contribution in [3.63, 3.8) is 0 Å². The molecule has 0 aliphatic rings. The molecule has 0 saturated carbocycles. The molecule has 0 aliphatic carbocycles. The fourth-order valence-electron chi connectivity index (χ4n) is 1.13. The Hall–Kier alpha value is -1.23.